The number of aryl methyl sites for hydroxylation is 1. The van der Waals surface area contributed by atoms with Crippen molar-refractivity contribution >= 4 is 27.3 Å². The van der Waals surface area contributed by atoms with Crippen LogP contribution in [-0.2, 0) is 17.1 Å². The Kier molecular flexibility index (Phi) is 5.79. The Labute approximate surface area is 164 Å². The standard InChI is InChI=1S/C20H22N4O3S/c1-3-12-28(26,27)23-18-9-5-7-16(14-18)20(25)22-17-8-4-6-15(13-17)19-21-10-11-24(19)2/h4-11,13-14,23H,3,12H2,1-2H3,(H,22,25). The first-order chi connectivity index (χ1) is 13.4. The van der Waals surface area contributed by atoms with E-state index in [1.165, 1.54) is 6.07 Å². The number of rotatable bonds is 7. The fraction of sp³-hybridized carbons (Fsp3) is 0.200. The number of sulfonamides is 1. The molecule has 146 valence electrons. The molecule has 0 radical (unpaired) electrons. The summed E-state index contributed by atoms with van der Waals surface area (Å²) in [5.41, 5.74) is 2.23. The lowest BCUT2D eigenvalue weighted by atomic mass is 10.1. The van der Waals surface area contributed by atoms with E-state index < -0.39 is 10.0 Å². The maximum absolute atomic E-state index is 12.6. The average Bonchev–Trinajstić information content (AvgIpc) is 3.07. The molecule has 0 bridgehead atoms. The summed E-state index contributed by atoms with van der Waals surface area (Å²) >= 11 is 0. The summed E-state index contributed by atoms with van der Waals surface area (Å²) in [6.07, 6.45) is 4.08. The quantitative estimate of drug-likeness (QED) is 0.637. The third kappa shape index (κ3) is 4.77. The molecule has 7 nitrogen and oxygen atoms in total. The van der Waals surface area contributed by atoms with Gasteiger partial charge in [0.2, 0.25) is 10.0 Å². The van der Waals surface area contributed by atoms with Gasteiger partial charge in [-0.25, -0.2) is 13.4 Å². The largest absolute Gasteiger partial charge is 0.334 e. The van der Waals surface area contributed by atoms with Crippen molar-refractivity contribution in [2.24, 2.45) is 7.05 Å². The Balaban J connectivity index is 1.77. The molecule has 0 fully saturated rings. The highest BCUT2D eigenvalue weighted by Gasteiger charge is 2.12. The highest BCUT2D eigenvalue weighted by atomic mass is 32.2. The maximum Gasteiger partial charge on any atom is 0.255 e. The lowest BCUT2D eigenvalue weighted by molar-refractivity contribution is 0.102. The molecule has 0 atom stereocenters. The number of nitrogens with zero attached hydrogens (tertiary/aromatic N) is 2. The number of aromatic nitrogens is 2. The second-order valence-corrected chi connectivity index (χ2v) is 8.24. The van der Waals surface area contributed by atoms with Gasteiger partial charge in [0.1, 0.15) is 5.82 Å². The van der Waals surface area contributed by atoms with Crippen LogP contribution in [0.4, 0.5) is 11.4 Å². The zero-order chi connectivity index (χ0) is 20.1. The van der Waals surface area contributed by atoms with Gasteiger partial charge in [-0.05, 0) is 36.8 Å². The Morgan fingerprint density at radius 1 is 1.11 bits per heavy atom. The Morgan fingerprint density at radius 2 is 1.86 bits per heavy atom. The molecule has 8 heteroatoms. The van der Waals surface area contributed by atoms with E-state index in [-0.39, 0.29) is 11.7 Å². The van der Waals surface area contributed by atoms with Gasteiger partial charge in [0.15, 0.2) is 0 Å². The van der Waals surface area contributed by atoms with Gasteiger partial charge in [0, 0.05) is 41.9 Å². The van der Waals surface area contributed by atoms with E-state index in [1.807, 2.05) is 36.0 Å². The molecule has 0 aliphatic rings. The van der Waals surface area contributed by atoms with Crippen molar-refractivity contribution in [3.63, 3.8) is 0 Å². The molecule has 0 spiro atoms. The van der Waals surface area contributed by atoms with Crippen LogP contribution in [0.5, 0.6) is 0 Å². The van der Waals surface area contributed by atoms with Crippen molar-refractivity contribution < 1.29 is 13.2 Å². The second-order valence-electron chi connectivity index (χ2n) is 6.40. The lowest BCUT2D eigenvalue weighted by Gasteiger charge is -2.10. The van der Waals surface area contributed by atoms with Gasteiger partial charge < -0.3 is 9.88 Å². The van der Waals surface area contributed by atoms with Crippen molar-refractivity contribution in [3.8, 4) is 11.4 Å². The molecule has 1 heterocycles. The minimum atomic E-state index is -3.41. The van der Waals surface area contributed by atoms with E-state index in [9.17, 15) is 13.2 Å². The summed E-state index contributed by atoms with van der Waals surface area (Å²) in [6.45, 7) is 1.79. The van der Waals surface area contributed by atoms with Crippen LogP contribution in [0.1, 0.15) is 23.7 Å². The van der Waals surface area contributed by atoms with Gasteiger partial charge in [-0.3, -0.25) is 9.52 Å². The van der Waals surface area contributed by atoms with Crippen LogP contribution in [0.25, 0.3) is 11.4 Å². The Morgan fingerprint density at radius 3 is 2.57 bits per heavy atom. The molecule has 1 aromatic heterocycles. The van der Waals surface area contributed by atoms with Gasteiger partial charge >= 0.3 is 0 Å². The molecule has 0 aliphatic carbocycles. The molecular formula is C20H22N4O3S. The van der Waals surface area contributed by atoms with E-state index >= 15 is 0 Å². The van der Waals surface area contributed by atoms with Crippen LogP contribution in [0.2, 0.25) is 0 Å². The van der Waals surface area contributed by atoms with Crippen LogP contribution in [0.3, 0.4) is 0 Å². The SMILES string of the molecule is CCCS(=O)(=O)Nc1cccc(C(=O)Nc2cccc(-c3nccn3C)c2)c1. The van der Waals surface area contributed by atoms with Crippen LogP contribution in [0.15, 0.2) is 60.9 Å². The molecule has 0 aliphatic heterocycles. The monoisotopic (exact) mass is 398 g/mol. The van der Waals surface area contributed by atoms with E-state index in [4.69, 9.17) is 0 Å². The molecule has 0 unspecified atom stereocenters. The molecule has 3 rings (SSSR count). The smallest absolute Gasteiger partial charge is 0.255 e. The van der Waals surface area contributed by atoms with Crippen LogP contribution in [-0.4, -0.2) is 29.6 Å². The summed E-state index contributed by atoms with van der Waals surface area (Å²) in [5.74, 6) is 0.501. The van der Waals surface area contributed by atoms with Gasteiger partial charge in [0.05, 0.1) is 5.75 Å². The minimum absolute atomic E-state index is 0.0312. The number of amides is 1. The number of anilines is 2. The van der Waals surface area contributed by atoms with Crippen LogP contribution < -0.4 is 10.0 Å². The predicted molar refractivity (Wildman–Crippen MR) is 111 cm³/mol. The van der Waals surface area contributed by atoms with E-state index in [0.717, 1.165) is 11.4 Å². The molecule has 2 aromatic carbocycles. The van der Waals surface area contributed by atoms with Gasteiger partial charge in [-0.1, -0.05) is 25.1 Å². The topological polar surface area (TPSA) is 93.1 Å². The minimum Gasteiger partial charge on any atom is -0.334 e. The zero-order valence-corrected chi connectivity index (χ0v) is 16.5. The molecule has 3 aromatic rings. The first kappa shape index (κ1) is 19.6. The third-order valence-electron chi connectivity index (χ3n) is 4.07. The number of nitrogens with one attached hydrogen (secondary N) is 2. The highest BCUT2D eigenvalue weighted by Crippen LogP contribution is 2.21. The summed E-state index contributed by atoms with van der Waals surface area (Å²) in [4.78, 5) is 16.9. The second kappa shape index (κ2) is 8.26. The number of carbonyl (C=O) groups is 1. The first-order valence-electron chi connectivity index (χ1n) is 8.87. The summed E-state index contributed by atoms with van der Waals surface area (Å²) in [6, 6.07) is 13.8. The van der Waals surface area contributed by atoms with Crippen molar-refractivity contribution in [2.75, 3.05) is 15.8 Å². The molecule has 28 heavy (non-hydrogen) atoms. The number of carbonyl (C=O) groups excluding carboxylic acids is 1. The van der Waals surface area contributed by atoms with Crippen molar-refractivity contribution in [3.05, 3.63) is 66.5 Å². The fourth-order valence-corrected chi connectivity index (χ4v) is 3.93. The lowest BCUT2D eigenvalue weighted by Crippen LogP contribution is -2.17. The third-order valence-corrected chi connectivity index (χ3v) is 5.56. The summed E-state index contributed by atoms with van der Waals surface area (Å²) < 4.78 is 28.2. The van der Waals surface area contributed by atoms with E-state index in [1.54, 1.807) is 37.4 Å². The van der Waals surface area contributed by atoms with Gasteiger partial charge in [-0.2, -0.15) is 0 Å². The molecule has 0 saturated carbocycles. The average molecular weight is 398 g/mol. The highest BCUT2D eigenvalue weighted by molar-refractivity contribution is 7.92. The van der Waals surface area contributed by atoms with Crippen LogP contribution in [0, 0.1) is 0 Å². The van der Waals surface area contributed by atoms with Crippen molar-refractivity contribution in [2.45, 2.75) is 13.3 Å². The molecule has 0 saturated heterocycles. The van der Waals surface area contributed by atoms with Gasteiger partial charge in [0.25, 0.3) is 5.91 Å². The zero-order valence-electron chi connectivity index (χ0n) is 15.7. The maximum atomic E-state index is 12.6. The summed E-state index contributed by atoms with van der Waals surface area (Å²) in [5, 5.41) is 2.84. The molecular weight excluding hydrogens is 376 g/mol. The van der Waals surface area contributed by atoms with E-state index in [0.29, 0.717) is 23.4 Å². The molecule has 2 N–H and O–H groups in total. The first-order valence-corrected chi connectivity index (χ1v) is 10.5. The number of hydrogen-bond donors (Lipinski definition) is 2. The van der Waals surface area contributed by atoms with Crippen LogP contribution >= 0.6 is 0 Å². The van der Waals surface area contributed by atoms with E-state index in [2.05, 4.69) is 15.0 Å². The number of imidazole rings is 1. The number of benzene rings is 2. The normalized spacial score (nSPS) is 11.2. The van der Waals surface area contributed by atoms with Gasteiger partial charge in [-0.15, -0.1) is 0 Å². The Bertz CT molecular complexity index is 1090. The van der Waals surface area contributed by atoms with Crippen molar-refractivity contribution in [1.29, 1.82) is 0 Å². The van der Waals surface area contributed by atoms with Crippen molar-refractivity contribution in [1.82, 2.24) is 9.55 Å². The predicted octanol–water partition coefficient (Wildman–Crippen LogP) is 3.49. The fourth-order valence-electron chi connectivity index (χ4n) is 2.81. The summed E-state index contributed by atoms with van der Waals surface area (Å²) in [7, 11) is -1.51. The molecule has 1 amide bonds. The Hall–Kier alpha value is -3.13. The number of hydrogen-bond acceptors (Lipinski definition) is 4.